The van der Waals surface area contributed by atoms with Crippen LogP contribution in [0.3, 0.4) is 0 Å². The van der Waals surface area contributed by atoms with E-state index < -0.39 is 0 Å². The van der Waals surface area contributed by atoms with Crippen molar-refractivity contribution in [3.8, 4) is 44.0 Å². The average molecular weight is 787 g/mol. The number of furan rings is 2. The summed E-state index contributed by atoms with van der Waals surface area (Å²) in [6, 6.07) is 72.5. The summed E-state index contributed by atoms with van der Waals surface area (Å²) in [5, 5.41) is 5.44. The minimum atomic E-state index is 0.871. The number of aromatic nitrogens is 1. The number of rotatable bonds is 7. The zero-order valence-corrected chi connectivity index (χ0v) is 33.1. The molecule has 3 aromatic heterocycles. The van der Waals surface area contributed by atoms with Crippen molar-refractivity contribution in [2.45, 2.75) is 0 Å². The van der Waals surface area contributed by atoms with Crippen LogP contribution in [0.5, 0.6) is 0 Å². The third-order valence-electron chi connectivity index (χ3n) is 11.5. The van der Waals surface area contributed by atoms with Gasteiger partial charge >= 0.3 is 0 Å². The zero-order chi connectivity index (χ0) is 39.6. The van der Waals surface area contributed by atoms with Crippen molar-refractivity contribution in [3.05, 3.63) is 206 Å². The number of benzene rings is 9. The van der Waals surface area contributed by atoms with Gasteiger partial charge in [-0.1, -0.05) is 152 Å². The van der Waals surface area contributed by atoms with Crippen LogP contribution < -0.4 is 4.90 Å². The van der Waals surface area contributed by atoms with E-state index in [0.29, 0.717) is 0 Å². The molecule has 12 rings (SSSR count). The summed E-state index contributed by atoms with van der Waals surface area (Å²) in [5.74, 6) is 0. The van der Waals surface area contributed by atoms with Gasteiger partial charge < -0.3 is 13.7 Å². The van der Waals surface area contributed by atoms with E-state index in [1.807, 2.05) is 24.3 Å². The second kappa shape index (κ2) is 14.0. The third kappa shape index (κ3) is 5.70. The molecule has 0 amide bonds. The molecule has 3 heterocycles. The monoisotopic (exact) mass is 786 g/mol. The normalized spacial score (nSPS) is 11.7. The van der Waals surface area contributed by atoms with Gasteiger partial charge in [-0.15, -0.1) is 11.3 Å². The number of hydrogen-bond acceptors (Lipinski definition) is 5. The molecular formula is C55H34N2O2S. The maximum Gasteiger partial charge on any atom is 0.144 e. The van der Waals surface area contributed by atoms with Crippen LogP contribution in [0.15, 0.2) is 215 Å². The van der Waals surface area contributed by atoms with Crippen molar-refractivity contribution < 1.29 is 8.83 Å². The number of para-hydroxylation sites is 3. The summed E-state index contributed by atoms with van der Waals surface area (Å²) in [5.41, 5.74) is 15.3. The molecule has 0 saturated carbocycles. The van der Waals surface area contributed by atoms with Crippen molar-refractivity contribution in [1.29, 1.82) is 0 Å². The van der Waals surface area contributed by atoms with Gasteiger partial charge in [0, 0.05) is 55.3 Å². The van der Waals surface area contributed by atoms with E-state index in [4.69, 9.17) is 13.8 Å². The predicted molar refractivity (Wildman–Crippen MR) is 251 cm³/mol. The Kier molecular flexibility index (Phi) is 8.00. The van der Waals surface area contributed by atoms with Gasteiger partial charge in [0.05, 0.1) is 10.2 Å². The van der Waals surface area contributed by atoms with Crippen LogP contribution in [0.25, 0.3) is 98.0 Å². The van der Waals surface area contributed by atoms with Crippen LogP contribution in [-0.4, -0.2) is 4.98 Å². The van der Waals surface area contributed by atoms with Gasteiger partial charge in [0.2, 0.25) is 0 Å². The minimum absolute atomic E-state index is 0.871. The summed E-state index contributed by atoms with van der Waals surface area (Å²) in [6.07, 6.45) is 0. The molecule has 0 unspecified atom stereocenters. The first-order chi connectivity index (χ1) is 29.7. The van der Waals surface area contributed by atoms with Crippen LogP contribution in [-0.2, 0) is 0 Å². The summed E-state index contributed by atoms with van der Waals surface area (Å²) < 4.78 is 14.3. The molecule has 5 heteroatoms. The number of hydrogen-bond donors (Lipinski definition) is 0. The second-order valence-electron chi connectivity index (χ2n) is 15.1. The molecule has 0 fully saturated rings. The lowest BCUT2D eigenvalue weighted by molar-refractivity contribution is 0.669. The predicted octanol–water partition coefficient (Wildman–Crippen LogP) is 16.2. The quantitative estimate of drug-likeness (QED) is 0.161. The molecule has 282 valence electrons. The Morgan fingerprint density at radius 3 is 1.70 bits per heavy atom. The molecule has 0 spiro atoms. The number of anilines is 3. The molecule has 9 aromatic carbocycles. The number of nitrogens with zero attached hydrogens (tertiary/aromatic N) is 2. The van der Waals surface area contributed by atoms with E-state index in [9.17, 15) is 0 Å². The largest absolute Gasteiger partial charge is 0.455 e. The summed E-state index contributed by atoms with van der Waals surface area (Å²) >= 11 is 1.72. The van der Waals surface area contributed by atoms with Crippen molar-refractivity contribution in [2.24, 2.45) is 0 Å². The Morgan fingerprint density at radius 1 is 0.383 bits per heavy atom. The molecule has 0 radical (unpaired) electrons. The van der Waals surface area contributed by atoms with Crippen molar-refractivity contribution in [1.82, 2.24) is 4.98 Å². The first-order valence-electron chi connectivity index (χ1n) is 20.1. The van der Waals surface area contributed by atoms with Gasteiger partial charge in [-0.25, -0.2) is 4.98 Å². The molecule has 0 aliphatic heterocycles. The van der Waals surface area contributed by atoms with Gasteiger partial charge in [-0.2, -0.15) is 0 Å². The Hall–Kier alpha value is -7.73. The minimum Gasteiger partial charge on any atom is -0.455 e. The highest BCUT2D eigenvalue weighted by atomic mass is 32.1. The summed E-state index contributed by atoms with van der Waals surface area (Å²) in [6.45, 7) is 0. The molecule has 0 saturated heterocycles. The van der Waals surface area contributed by atoms with Gasteiger partial charge in [-0.05, 0) is 76.9 Å². The van der Waals surface area contributed by atoms with Crippen LogP contribution in [0.4, 0.5) is 17.1 Å². The van der Waals surface area contributed by atoms with Crippen LogP contribution in [0, 0.1) is 0 Å². The fraction of sp³-hybridized carbons (Fsp3) is 0. The van der Waals surface area contributed by atoms with Gasteiger partial charge in [0.15, 0.2) is 0 Å². The average Bonchev–Trinajstić information content (AvgIpc) is 4.04. The Balaban J connectivity index is 0.998. The fourth-order valence-electron chi connectivity index (χ4n) is 8.65. The number of fused-ring (bicyclic) bond motifs is 8. The molecule has 4 nitrogen and oxygen atoms in total. The lowest BCUT2D eigenvalue weighted by atomic mass is 10.00. The standard InChI is InChI=1S/C55H34N2O2S/c1-3-13-35(14-4-1)36-25-29-40(30-26-36)57(42-18-11-17-39(33-42)43-21-12-22-45-44-19-7-9-23-49(44)58-52(43)45)41-31-27-37(28-32-41)47-34-48-54(60-55(56-48)38-15-5-2-6-16-38)51-46-20-8-10-24-50(46)59-53(47)51/h1-34H. The highest BCUT2D eigenvalue weighted by Gasteiger charge is 2.21. The van der Waals surface area contributed by atoms with E-state index in [1.54, 1.807) is 11.3 Å². The van der Waals surface area contributed by atoms with Gasteiger partial charge in [0.1, 0.15) is 27.3 Å². The molecular weight excluding hydrogens is 753 g/mol. The van der Waals surface area contributed by atoms with Crippen molar-refractivity contribution in [2.75, 3.05) is 4.90 Å². The van der Waals surface area contributed by atoms with Crippen molar-refractivity contribution >= 4 is 82.5 Å². The van der Waals surface area contributed by atoms with E-state index in [-0.39, 0.29) is 0 Å². The van der Waals surface area contributed by atoms with Crippen molar-refractivity contribution in [3.63, 3.8) is 0 Å². The van der Waals surface area contributed by atoms with E-state index >= 15 is 0 Å². The molecule has 60 heavy (non-hydrogen) atoms. The third-order valence-corrected chi connectivity index (χ3v) is 12.6. The molecule has 0 aliphatic carbocycles. The van der Waals surface area contributed by atoms with Gasteiger partial charge in [0.25, 0.3) is 0 Å². The molecule has 12 aromatic rings. The van der Waals surface area contributed by atoms with Crippen LogP contribution in [0.2, 0.25) is 0 Å². The Morgan fingerprint density at radius 2 is 0.950 bits per heavy atom. The zero-order valence-electron chi connectivity index (χ0n) is 32.2. The molecule has 0 bridgehead atoms. The Bertz CT molecular complexity index is 3530. The maximum absolute atomic E-state index is 6.69. The summed E-state index contributed by atoms with van der Waals surface area (Å²) in [7, 11) is 0. The fourth-order valence-corrected chi connectivity index (χ4v) is 9.75. The van der Waals surface area contributed by atoms with Gasteiger partial charge in [-0.3, -0.25) is 0 Å². The van der Waals surface area contributed by atoms with E-state index in [0.717, 1.165) is 104 Å². The molecule has 0 aliphatic rings. The van der Waals surface area contributed by atoms with Crippen LogP contribution >= 0.6 is 11.3 Å². The number of thiazole rings is 1. The second-order valence-corrected chi connectivity index (χ2v) is 16.1. The lowest BCUT2D eigenvalue weighted by Gasteiger charge is -2.26. The first kappa shape index (κ1) is 34.3. The maximum atomic E-state index is 6.69. The van der Waals surface area contributed by atoms with Crippen LogP contribution in [0.1, 0.15) is 0 Å². The molecule has 0 N–H and O–H groups in total. The first-order valence-corrected chi connectivity index (χ1v) is 20.9. The van der Waals surface area contributed by atoms with E-state index in [1.165, 1.54) is 11.1 Å². The summed E-state index contributed by atoms with van der Waals surface area (Å²) in [4.78, 5) is 7.51. The Labute approximate surface area is 349 Å². The van der Waals surface area contributed by atoms with E-state index in [2.05, 4.69) is 187 Å². The highest BCUT2D eigenvalue weighted by Crippen LogP contribution is 2.46. The lowest BCUT2D eigenvalue weighted by Crippen LogP contribution is -2.10. The highest BCUT2D eigenvalue weighted by molar-refractivity contribution is 7.22. The topological polar surface area (TPSA) is 42.4 Å². The SMILES string of the molecule is c1ccc(-c2ccc(N(c3ccc(-c4cc5nc(-c6ccccc6)sc5c5c4oc4ccccc45)cc3)c3cccc(-c4cccc5c4oc4ccccc45)c3)cc2)cc1. The molecule has 0 atom stereocenters. The smallest absolute Gasteiger partial charge is 0.144 e.